The van der Waals surface area contributed by atoms with E-state index in [2.05, 4.69) is 23.3 Å². The van der Waals surface area contributed by atoms with Crippen LogP contribution in [-0.2, 0) is 6.54 Å². The Morgan fingerprint density at radius 1 is 1.47 bits per heavy atom. The molecule has 0 aliphatic carbocycles. The molecule has 0 bridgehead atoms. The van der Waals surface area contributed by atoms with Crippen molar-refractivity contribution in [1.29, 1.82) is 0 Å². The summed E-state index contributed by atoms with van der Waals surface area (Å²) >= 11 is 0. The Balaban J connectivity index is 1.90. The van der Waals surface area contributed by atoms with Crippen LogP contribution < -0.4 is 5.32 Å². The van der Waals surface area contributed by atoms with E-state index < -0.39 is 0 Å². The van der Waals surface area contributed by atoms with Crippen molar-refractivity contribution in [2.75, 3.05) is 0 Å². The number of nitrogens with zero attached hydrogens (tertiary/aromatic N) is 1. The third-order valence-electron chi connectivity index (χ3n) is 2.38. The van der Waals surface area contributed by atoms with Crippen molar-refractivity contribution < 1.29 is 4.42 Å². The van der Waals surface area contributed by atoms with Crippen LogP contribution in [0.5, 0.6) is 0 Å². The Labute approximate surface area is 89.1 Å². The van der Waals surface area contributed by atoms with Gasteiger partial charge in [0.05, 0.1) is 12.5 Å². The third kappa shape index (κ3) is 2.67. The predicted octanol–water partition coefficient (Wildman–Crippen LogP) is 2.53. The standard InChI is InChI=1S/C12H14N2O/c1-10(12-3-2-5-13-8-12)14-7-11-4-6-15-9-11/h2-6,8-10,14H,7H2,1H3/t10-/m1/s1. The fourth-order valence-corrected chi connectivity index (χ4v) is 1.41. The minimum Gasteiger partial charge on any atom is -0.472 e. The number of pyridine rings is 1. The molecule has 0 aromatic carbocycles. The molecule has 2 heterocycles. The lowest BCUT2D eigenvalue weighted by Crippen LogP contribution is -2.17. The normalized spacial score (nSPS) is 12.6. The van der Waals surface area contributed by atoms with E-state index in [0.29, 0.717) is 6.04 Å². The molecule has 2 aromatic rings. The van der Waals surface area contributed by atoms with Crippen molar-refractivity contribution in [2.45, 2.75) is 19.5 Å². The summed E-state index contributed by atoms with van der Waals surface area (Å²) in [6, 6.07) is 6.28. The van der Waals surface area contributed by atoms with Gasteiger partial charge in [-0.25, -0.2) is 0 Å². The molecule has 0 aliphatic rings. The molecule has 0 saturated carbocycles. The van der Waals surface area contributed by atoms with Gasteiger partial charge in [0.2, 0.25) is 0 Å². The molecule has 0 fully saturated rings. The van der Waals surface area contributed by atoms with E-state index in [-0.39, 0.29) is 0 Å². The SMILES string of the molecule is C[C@@H](NCc1ccoc1)c1cccnc1. The highest BCUT2D eigenvalue weighted by Gasteiger charge is 2.04. The fourth-order valence-electron chi connectivity index (χ4n) is 1.41. The summed E-state index contributed by atoms with van der Waals surface area (Å²) in [7, 11) is 0. The molecule has 2 aromatic heterocycles. The van der Waals surface area contributed by atoms with E-state index in [4.69, 9.17) is 4.42 Å². The second kappa shape index (κ2) is 4.75. The molecule has 78 valence electrons. The Morgan fingerprint density at radius 2 is 2.40 bits per heavy atom. The maximum atomic E-state index is 5.00. The fraction of sp³-hybridized carbons (Fsp3) is 0.250. The summed E-state index contributed by atoms with van der Waals surface area (Å²) in [4.78, 5) is 4.09. The number of furan rings is 1. The average Bonchev–Trinajstić information content (AvgIpc) is 2.80. The van der Waals surface area contributed by atoms with Crippen LogP contribution in [0, 0.1) is 0 Å². The largest absolute Gasteiger partial charge is 0.472 e. The van der Waals surface area contributed by atoms with Crippen LogP contribution in [0.2, 0.25) is 0 Å². The van der Waals surface area contributed by atoms with Gasteiger partial charge in [0.25, 0.3) is 0 Å². The van der Waals surface area contributed by atoms with Gasteiger partial charge < -0.3 is 9.73 Å². The Morgan fingerprint density at radius 3 is 3.07 bits per heavy atom. The van der Waals surface area contributed by atoms with Crippen LogP contribution in [0.3, 0.4) is 0 Å². The third-order valence-corrected chi connectivity index (χ3v) is 2.38. The Bertz CT molecular complexity index is 383. The van der Waals surface area contributed by atoms with Gasteiger partial charge >= 0.3 is 0 Å². The lowest BCUT2D eigenvalue weighted by Gasteiger charge is -2.12. The summed E-state index contributed by atoms with van der Waals surface area (Å²) in [6.45, 7) is 2.93. The Hall–Kier alpha value is -1.61. The van der Waals surface area contributed by atoms with Crippen LogP contribution in [0.4, 0.5) is 0 Å². The van der Waals surface area contributed by atoms with Gasteiger partial charge in [0.1, 0.15) is 0 Å². The van der Waals surface area contributed by atoms with E-state index in [9.17, 15) is 0 Å². The quantitative estimate of drug-likeness (QED) is 0.827. The van der Waals surface area contributed by atoms with Crippen LogP contribution in [0.15, 0.2) is 47.5 Å². The second-order valence-electron chi connectivity index (χ2n) is 3.52. The van der Waals surface area contributed by atoms with Crippen molar-refractivity contribution in [2.24, 2.45) is 0 Å². The summed E-state index contributed by atoms with van der Waals surface area (Å²) < 4.78 is 5.00. The van der Waals surface area contributed by atoms with Gasteiger partial charge in [-0.3, -0.25) is 4.98 Å². The van der Waals surface area contributed by atoms with Gasteiger partial charge in [-0.2, -0.15) is 0 Å². The molecule has 1 atom stereocenters. The summed E-state index contributed by atoms with van der Waals surface area (Å²) in [6.07, 6.45) is 7.11. The first-order valence-corrected chi connectivity index (χ1v) is 5.00. The molecule has 1 N–H and O–H groups in total. The van der Waals surface area contributed by atoms with Gasteiger partial charge in [0, 0.05) is 30.5 Å². The zero-order valence-electron chi connectivity index (χ0n) is 8.68. The molecule has 3 nitrogen and oxygen atoms in total. The van der Waals surface area contributed by atoms with Crippen LogP contribution in [0.1, 0.15) is 24.1 Å². The summed E-state index contributed by atoms with van der Waals surface area (Å²) in [5.74, 6) is 0. The van der Waals surface area contributed by atoms with E-state index in [1.54, 1.807) is 18.7 Å². The second-order valence-corrected chi connectivity index (χ2v) is 3.52. The predicted molar refractivity (Wildman–Crippen MR) is 58.2 cm³/mol. The number of hydrogen-bond acceptors (Lipinski definition) is 3. The maximum Gasteiger partial charge on any atom is 0.0947 e. The number of aromatic nitrogens is 1. The van der Waals surface area contributed by atoms with E-state index in [0.717, 1.165) is 12.1 Å². The molecule has 0 saturated heterocycles. The van der Waals surface area contributed by atoms with Crippen LogP contribution in [0.25, 0.3) is 0 Å². The molecule has 0 spiro atoms. The number of hydrogen-bond donors (Lipinski definition) is 1. The van der Waals surface area contributed by atoms with Crippen molar-refractivity contribution in [1.82, 2.24) is 10.3 Å². The minimum atomic E-state index is 0.300. The lowest BCUT2D eigenvalue weighted by atomic mass is 10.1. The zero-order valence-corrected chi connectivity index (χ0v) is 8.68. The first kappa shape index (κ1) is 9.93. The molecule has 0 radical (unpaired) electrons. The van der Waals surface area contributed by atoms with Crippen molar-refractivity contribution in [3.05, 3.63) is 54.2 Å². The van der Waals surface area contributed by atoms with Crippen LogP contribution in [-0.4, -0.2) is 4.98 Å². The van der Waals surface area contributed by atoms with E-state index in [1.165, 1.54) is 5.56 Å². The molecule has 0 aliphatic heterocycles. The molecule has 3 heteroatoms. The molecule has 15 heavy (non-hydrogen) atoms. The molecule has 2 rings (SSSR count). The number of nitrogens with one attached hydrogen (secondary N) is 1. The highest BCUT2D eigenvalue weighted by atomic mass is 16.3. The smallest absolute Gasteiger partial charge is 0.0947 e. The highest BCUT2D eigenvalue weighted by Crippen LogP contribution is 2.11. The monoisotopic (exact) mass is 202 g/mol. The van der Waals surface area contributed by atoms with Crippen LogP contribution >= 0.6 is 0 Å². The number of rotatable bonds is 4. The maximum absolute atomic E-state index is 5.00. The van der Waals surface area contributed by atoms with E-state index >= 15 is 0 Å². The molecular weight excluding hydrogens is 188 g/mol. The van der Waals surface area contributed by atoms with Gasteiger partial charge in [-0.05, 0) is 24.6 Å². The zero-order chi connectivity index (χ0) is 10.5. The Kier molecular flexibility index (Phi) is 3.15. The molecule has 0 unspecified atom stereocenters. The van der Waals surface area contributed by atoms with Gasteiger partial charge in [0.15, 0.2) is 0 Å². The molecule has 0 amide bonds. The minimum absolute atomic E-state index is 0.300. The van der Waals surface area contributed by atoms with Crippen molar-refractivity contribution in [3.63, 3.8) is 0 Å². The molecular formula is C12H14N2O. The first-order chi connectivity index (χ1) is 7.36. The van der Waals surface area contributed by atoms with Gasteiger partial charge in [-0.1, -0.05) is 6.07 Å². The van der Waals surface area contributed by atoms with Gasteiger partial charge in [-0.15, -0.1) is 0 Å². The topological polar surface area (TPSA) is 38.1 Å². The average molecular weight is 202 g/mol. The van der Waals surface area contributed by atoms with Crippen molar-refractivity contribution in [3.8, 4) is 0 Å². The summed E-state index contributed by atoms with van der Waals surface area (Å²) in [5, 5.41) is 3.40. The summed E-state index contributed by atoms with van der Waals surface area (Å²) in [5.41, 5.74) is 2.35. The highest BCUT2D eigenvalue weighted by molar-refractivity contribution is 5.13. The first-order valence-electron chi connectivity index (χ1n) is 5.00. The van der Waals surface area contributed by atoms with Crippen molar-refractivity contribution >= 4 is 0 Å². The lowest BCUT2D eigenvalue weighted by molar-refractivity contribution is 0.546. The van der Waals surface area contributed by atoms with E-state index in [1.807, 2.05) is 18.3 Å².